The molecular formula is C23H28N4O4S. The van der Waals surface area contributed by atoms with Crippen molar-refractivity contribution in [1.82, 2.24) is 14.9 Å². The van der Waals surface area contributed by atoms with E-state index in [4.69, 9.17) is 4.74 Å². The van der Waals surface area contributed by atoms with Gasteiger partial charge in [-0.05, 0) is 44.2 Å². The molecule has 1 aromatic heterocycles. The standard InChI is InChI=1S/C23H28N4O4S/c1-23(22(30)25-15-8-5-4-6-9-15)13-26-14-24-18(21(29)31-2)19(26)20(28)27(23)16-10-7-11-17(12-16)32-3/h7,10-12,14-15H,4-6,8-9,13H2,1-3H3,(H,25,30). The third kappa shape index (κ3) is 3.90. The number of carbonyl (C=O) groups excluding carboxylic acids is 3. The van der Waals surface area contributed by atoms with Gasteiger partial charge in [-0.2, -0.15) is 0 Å². The summed E-state index contributed by atoms with van der Waals surface area (Å²) in [5.41, 5.74) is -0.494. The molecule has 1 aliphatic heterocycles. The van der Waals surface area contributed by atoms with Crippen molar-refractivity contribution >= 4 is 35.2 Å². The van der Waals surface area contributed by atoms with E-state index in [1.54, 1.807) is 23.3 Å². The monoisotopic (exact) mass is 456 g/mol. The number of rotatable bonds is 5. The van der Waals surface area contributed by atoms with Gasteiger partial charge in [-0.25, -0.2) is 9.78 Å². The van der Waals surface area contributed by atoms with Gasteiger partial charge in [0.05, 0.1) is 20.0 Å². The first kappa shape index (κ1) is 22.4. The van der Waals surface area contributed by atoms with Crippen LogP contribution in [0.25, 0.3) is 0 Å². The normalized spacial score (nSPS) is 21.2. The highest BCUT2D eigenvalue weighted by atomic mass is 32.2. The molecule has 8 nitrogen and oxygen atoms in total. The van der Waals surface area contributed by atoms with Crippen LogP contribution in [0.1, 0.15) is 60.0 Å². The molecule has 4 rings (SSSR count). The largest absolute Gasteiger partial charge is 0.464 e. The van der Waals surface area contributed by atoms with Crippen molar-refractivity contribution in [3.63, 3.8) is 0 Å². The lowest BCUT2D eigenvalue weighted by molar-refractivity contribution is -0.127. The fourth-order valence-electron chi connectivity index (χ4n) is 4.62. The lowest BCUT2D eigenvalue weighted by Crippen LogP contribution is -2.65. The Morgan fingerprint density at radius 2 is 2.00 bits per heavy atom. The first-order valence-electron chi connectivity index (χ1n) is 10.8. The Morgan fingerprint density at radius 3 is 2.69 bits per heavy atom. The number of esters is 1. The van der Waals surface area contributed by atoms with Gasteiger partial charge in [0, 0.05) is 16.6 Å². The van der Waals surface area contributed by atoms with E-state index in [1.807, 2.05) is 30.5 Å². The Hall–Kier alpha value is -2.81. The van der Waals surface area contributed by atoms with Gasteiger partial charge in [0.25, 0.3) is 5.91 Å². The Bertz CT molecular complexity index is 1050. The lowest BCUT2D eigenvalue weighted by Gasteiger charge is -2.44. The topological polar surface area (TPSA) is 93.5 Å². The van der Waals surface area contributed by atoms with Gasteiger partial charge in [0.15, 0.2) is 5.69 Å². The molecule has 9 heteroatoms. The van der Waals surface area contributed by atoms with Gasteiger partial charge in [0.2, 0.25) is 5.91 Å². The van der Waals surface area contributed by atoms with Crippen molar-refractivity contribution in [3.05, 3.63) is 42.0 Å². The molecule has 1 aromatic carbocycles. The third-order valence-electron chi connectivity index (χ3n) is 6.33. The highest BCUT2D eigenvalue weighted by Crippen LogP contribution is 2.35. The smallest absolute Gasteiger partial charge is 0.359 e. The number of anilines is 1. The predicted molar refractivity (Wildman–Crippen MR) is 122 cm³/mol. The molecule has 0 saturated heterocycles. The van der Waals surface area contributed by atoms with E-state index in [2.05, 4.69) is 10.3 Å². The third-order valence-corrected chi connectivity index (χ3v) is 7.06. The summed E-state index contributed by atoms with van der Waals surface area (Å²) >= 11 is 1.55. The summed E-state index contributed by atoms with van der Waals surface area (Å²) in [5, 5.41) is 3.19. The predicted octanol–water partition coefficient (Wildman–Crippen LogP) is 3.26. The average molecular weight is 457 g/mol. The number of amides is 2. The number of methoxy groups -OCH3 is 1. The van der Waals surface area contributed by atoms with Crippen LogP contribution in [0.5, 0.6) is 0 Å². The van der Waals surface area contributed by atoms with Crippen LogP contribution in [0, 0.1) is 0 Å². The molecule has 0 bridgehead atoms. The number of ether oxygens (including phenoxy) is 1. The Balaban J connectivity index is 1.79. The zero-order valence-corrected chi connectivity index (χ0v) is 19.4. The summed E-state index contributed by atoms with van der Waals surface area (Å²) in [6.45, 7) is 1.95. The molecule has 170 valence electrons. The van der Waals surface area contributed by atoms with Crippen molar-refractivity contribution < 1.29 is 19.1 Å². The van der Waals surface area contributed by atoms with Gasteiger partial charge < -0.3 is 14.6 Å². The second-order valence-electron chi connectivity index (χ2n) is 8.49. The molecule has 0 radical (unpaired) electrons. The van der Waals surface area contributed by atoms with Crippen molar-refractivity contribution in [1.29, 1.82) is 0 Å². The molecule has 2 aliphatic rings. The van der Waals surface area contributed by atoms with E-state index in [9.17, 15) is 14.4 Å². The van der Waals surface area contributed by atoms with Crippen LogP contribution < -0.4 is 10.2 Å². The first-order valence-corrected chi connectivity index (χ1v) is 12.0. The molecule has 2 aromatic rings. The maximum Gasteiger partial charge on any atom is 0.359 e. The summed E-state index contributed by atoms with van der Waals surface area (Å²) in [7, 11) is 1.25. The molecule has 1 fully saturated rings. The highest BCUT2D eigenvalue weighted by molar-refractivity contribution is 7.98. The van der Waals surface area contributed by atoms with E-state index >= 15 is 0 Å². The minimum Gasteiger partial charge on any atom is -0.464 e. The van der Waals surface area contributed by atoms with E-state index in [0.717, 1.165) is 30.6 Å². The molecule has 32 heavy (non-hydrogen) atoms. The summed E-state index contributed by atoms with van der Waals surface area (Å²) < 4.78 is 6.41. The maximum absolute atomic E-state index is 13.8. The summed E-state index contributed by atoms with van der Waals surface area (Å²) in [4.78, 5) is 46.3. The molecule has 1 atom stereocenters. The SMILES string of the molecule is COC(=O)c1ncn2c1C(=O)N(c1cccc(SC)c1)C(C)(C(=O)NC1CCCCC1)C2. The second kappa shape index (κ2) is 8.97. The molecule has 0 spiro atoms. The van der Waals surface area contributed by atoms with Gasteiger partial charge >= 0.3 is 5.97 Å². The van der Waals surface area contributed by atoms with E-state index in [1.165, 1.54) is 24.8 Å². The van der Waals surface area contributed by atoms with E-state index in [-0.39, 0.29) is 29.9 Å². The van der Waals surface area contributed by atoms with Crippen LogP contribution in [-0.2, 0) is 16.1 Å². The number of benzene rings is 1. The van der Waals surface area contributed by atoms with Crippen molar-refractivity contribution in [2.24, 2.45) is 0 Å². The number of hydrogen-bond donors (Lipinski definition) is 1. The number of thioether (sulfide) groups is 1. The van der Waals surface area contributed by atoms with E-state index < -0.39 is 17.4 Å². The van der Waals surface area contributed by atoms with Crippen LogP contribution in [-0.4, -0.2) is 52.3 Å². The minimum absolute atomic E-state index is 0.0433. The molecule has 1 aliphatic carbocycles. The molecule has 2 amide bonds. The quantitative estimate of drug-likeness (QED) is 0.548. The zero-order chi connectivity index (χ0) is 22.9. The van der Waals surface area contributed by atoms with E-state index in [0.29, 0.717) is 5.69 Å². The second-order valence-corrected chi connectivity index (χ2v) is 9.37. The van der Waals surface area contributed by atoms with Gasteiger partial charge in [0.1, 0.15) is 11.2 Å². The molecule has 1 N–H and O–H groups in total. The number of carbonyl (C=O) groups is 3. The number of nitrogens with one attached hydrogen (secondary N) is 1. The Kier molecular flexibility index (Phi) is 6.28. The summed E-state index contributed by atoms with van der Waals surface area (Å²) in [5.74, 6) is -1.33. The number of aromatic nitrogens is 2. The van der Waals surface area contributed by atoms with Gasteiger partial charge in [-0.3, -0.25) is 14.5 Å². The maximum atomic E-state index is 13.8. The van der Waals surface area contributed by atoms with Gasteiger partial charge in [-0.15, -0.1) is 11.8 Å². The number of fused-ring (bicyclic) bond motifs is 1. The van der Waals surface area contributed by atoms with Crippen LogP contribution in [0.15, 0.2) is 35.5 Å². The molecule has 2 heterocycles. The number of nitrogens with zero attached hydrogens (tertiary/aromatic N) is 3. The highest BCUT2D eigenvalue weighted by Gasteiger charge is 2.50. The fourth-order valence-corrected chi connectivity index (χ4v) is 5.07. The van der Waals surface area contributed by atoms with Crippen LogP contribution >= 0.6 is 11.8 Å². The molecule has 1 unspecified atom stereocenters. The summed E-state index contributed by atoms with van der Waals surface area (Å²) in [6.07, 6.45) is 8.64. The first-order chi connectivity index (χ1) is 15.4. The zero-order valence-electron chi connectivity index (χ0n) is 18.6. The fraction of sp³-hybridized carbons (Fsp3) is 0.478. The number of imidazole rings is 1. The van der Waals surface area contributed by atoms with Crippen molar-refractivity contribution in [2.75, 3.05) is 18.3 Å². The van der Waals surface area contributed by atoms with Crippen molar-refractivity contribution in [3.8, 4) is 0 Å². The van der Waals surface area contributed by atoms with Crippen LogP contribution in [0.2, 0.25) is 0 Å². The van der Waals surface area contributed by atoms with Crippen LogP contribution in [0.3, 0.4) is 0 Å². The minimum atomic E-state index is -1.19. The Morgan fingerprint density at radius 1 is 1.25 bits per heavy atom. The molecule has 1 saturated carbocycles. The van der Waals surface area contributed by atoms with Crippen molar-refractivity contribution in [2.45, 2.75) is 62.0 Å². The Labute approximate surface area is 191 Å². The molecular weight excluding hydrogens is 428 g/mol. The lowest BCUT2D eigenvalue weighted by atomic mass is 9.90. The average Bonchev–Trinajstić information content (AvgIpc) is 3.23. The number of hydrogen-bond acceptors (Lipinski definition) is 6. The van der Waals surface area contributed by atoms with Gasteiger partial charge in [-0.1, -0.05) is 25.3 Å². The summed E-state index contributed by atoms with van der Waals surface area (Å²) in [6, 6.07) is 7.62. The van der Waals surface area contributed by atoms with Crippen LogP contribution in [0.4, 0.5) is 5.69 Å².